The average Bonchev–Trinajstić information content (AvgIpc) is 3.26. The van der Waals surface area contributed by atoms with Crippen molar-refractivity contribution >= 4 is 17.3 Å². The molecule has 4 aromatic rings. The van der Waals surface area contributed by atoms with E-state index in [9.17, 15) is 14.9 Å². The lowest BCUT2D eigenvalue weighted by Crippen LogP contribution is -2.30. The number of nitrogens with zero attached hydrogens (tertiary/aromatic N) is 4. The molecule has 5 rings (SSSR count). The van der Waals surface area contributed by atoms with Crippen molar-refractivity contribution in [2.75, 3.05) is 6.54 Å². The summed E-state index contributed by atoms with van der Waals surface area (Å²) in [6.45, 7) is 2.92. The third-order valence-electron chi connectivity index (χ3n) is 6.59. The van der Waals surface area contributed by atoms with E-state index in [1.807, 2.05) is 84.9 Å². The van der Waals surface area contributed by atoms with Crippen molar-refractivity contribution in [2.24, 2.45) is 5.10 Å². The Bertz CT molecular complexity index is 1470. The second-order valence-corrected chi connectivity index (χ2v) is 9.30. The summed E-state index contributed by atoms with van der Waals surface area (Å²) < 4.78 is 6.27. The fourth-order valence-electron chi connectivity index (χ4n) is 4.63. The van der Waals surface area contributed by atoms with Crippen LogP contribution in [0, 0.1) is 10.1 Å². The summed E-state index contributed by atoms with van der Waals surface area (Å²) in [4.78, 5) is 26.1. The highest BCUT2D eigenvalue weighted by Crippen LogP contribution is 2.38. The van der Waals surface area contributed by atoms with Crippen molar-refractivity contribution in [3.8, 4) is 5.75 Å². The van der Waals surface area contributed by atoms with Crippen molar-refractivity contribution in [1.82, 2.24) is 9.91 Å². The molecule has 0 aromatic heterocycles. The Balaban J connectivity index is 1.50. The maximum absolute atomic E-state index is 13.4. The first-order valence-corrected chi connectivity index (χ1v) is 12.7. The molecule has 1 saturated heterocycles. The number of hydrazone groups is 1. The van der Waals surface area contributed by atoms with Gasteiger partial charge in [-0.25, -0.2) is 5.01 Å². The normalized spacial score (nSPS) is 15.9. The third-order valence-corrected chi connectivity index (χ3v) is 6.59. The molecule has 0 saturated carbocycles. The van der Waals surface area contributed by atoms with Crippen LogP contribution < -0.4 is 4.74 Å². The Morgan fingerprint density at radius 3 is 2.18 bits per heavy atom. The molecule has 8 nitrogen and oxygen atoms in total. The maximum Gasteiger partial charge on any atom is 0.269 e. The molecule has 0 unspecified atom stereocenters. The molecule has 39 heavy (non-hydrogen) atoms. The molecule has 196 valence electrons. The number of non-ortho nitro benzene ring substituents is 1. The van der Waals surface area contributed by atoms with Gasteiger partial charge in [-0.15, -0.1) is 0 Å². The summed E-state index contributed by atoms with van der Waals surface area (Å²) in [6, 6.07) is 33.8. The molecule has 0 aliphatic carbocycles. The monoisotopic (exact) mass is 520 g/mol. The lowest BCUT2D eigenvalue weighted by atomic mass is 10.1. The number of carbonyl (C=O) groups is 1. The van der Waals surface area contributed by atoms with E-state index in [4.69, 9.17) is 9.84 Å². The van der Waals surface area contributed by atoms with E-state index in [-0.39, 0.29) is 18.1 Å². The zero-order chi connectivity index (χ0) is 27.2. The van der Waals surface area contributed by atoms with Gasteiger partial charge in [0.15, 0.2) is 0 Å². The van der Waals surface area contributed by atoms with Crippen LogP contribution in [0.25, 0.3) is 0 Å². The molecule has 1 amide bonds. The summed E-state index contributed by atoms with van der Waals surface area (Å²) in [6.07, 6.45) is -0.502. The van der Waals surface area contributed by atoms with Gasteiger partial charge in [0.1, 0.15) is 18.5 Å². The molecule has 1 aliphatic heterocycles. The van der Waals surface area contributed by atoms with Gasteiger partial charge in [-0.2, -0.15) is 5.10 Å². The van der Waals surface area contributed by atoms with Crippen molar-refractivity contribution in [1.29, 1.82) is 0 Å². The second-order valence-electron chi connectivity index (χ2n) is 9.30. The SMILES string of the molecule is C/C(=N/N1C(=O)CN(Cc2ccccc2)[C@H]1c1ccccc1OCc1ccccc1)c1ccc([N+](=O)[O-])cc1. The van der Waals surface area contributed by atoms with Crippen LogP contribution in [0.15, 0.2) is 114 Å². The van der Waals surface area contributed by atoms with Gasteiger partial charge >= 0.3 is 0 Å². The zero-order valence-corrected chi connectivity index (χ0v) is 21.5. The Morgan fingerprint density at radius 1 is 0.897 bits per heavy atom. The molecule has 1 heterocycles. The Hall–Kier alpha value is -4.82. The highest BCUT2D eigenvalue weighted by atomic mass is 16.6. The maximum atomic E-state index is 13.4. The smallest absolute Gasteiger partial charge is 0.269 e. The minimum absolute atomic E-state index is 0.000189. The van der Waals surface area contributed by atoms with E-state index in [0.29, 0.717) is 30.2 Å². The first-order valence-electron chi connectivity index (χ1n) is 12.7. The number of rotatable bonds is 9. The molecule has 1 atom stereocenters. The van der Waals surface area contributed by atoms with Crippen LogP contribution in [0.5, 0.6) is 5.75 Å². The number of hydrogen-bond acceptors (Lipinski definition) is 6. The lowest BCUT2D eigenvalue weighted by Gasteiger charge is -2.29. The van der Waals surface area contributed by atoms with Crippen LogP contribution in [0.1, 0.15) is 35.3 Å². The zero-order valence-electron chi connectivity index (χ0n) is 21.5. The van der Waals surface area contributed by atoms with Gasteiger partial charge in [-0.1, -0.05) is 78.9 Å². The number of benzene rings is 4. The van der Waals surface area contributed by atoms with Gasteiger partial charge in [0.2, 0.25) is 0 Å². The summed E-state index contributed by atoms with van der Waals surface area (Å²) in [5.74, 6) is 0.530. The van der Waals surface area contributed by atoms with Gasteiger partial charge in [0.05, 0.1) is 17.2 Å². The first kappa shape index (κ1) is 25.8. The Kier molecular flexibility index (Phi) is 7.75. The van der Waals surface area contributed by atoms with E-state index in [1.54, 1.807) is 19.1 Å². The predicted octanol–water partition coefficient (Wildman–Crippen LogP) is 5.94. The average molecular weight is 521 g/mol. The molecule has 1 aliphatic rings. The van der Waals surface area contributed by atoms with E-state index in [0.717, 1.165) is 16.7 Å². The quantitative estimate of drug-likeness (QED) is 0.155. The van der Waals surface area contributed by atoms with Gasteiger partial charge in [-0.05, 0) is 41.8 Å². The van der Waals surface area contributed by atoms with Crippen molar-refractivity contribution < 1.29 is 14.5 Å². The Morgan fingerprint density at radius 2 is 1.51 bits per heavy atom. The minimum atomic E-state index is -0.502. The number of nitro groups is 1. The number of para-hydroxylation sites is 1. The number of carbonyl (C=O) groups excluding carboxylic acids is 1. The van der Waals surface area contributed by atoms with Crippen LogP contribution >= 0.6 is 0 Å². The van der Waals surface area contributed by atoms with Crippen LogP contribution in [-0.2, 0) is 17.9 Å². The van der Waals surface area contributed by atoms with E-state index < -0.39 is 11.1 Å². The second kappa shape index (κ2) is 11.7. The Labute approximate surface area is 226 Å². The largest absolute Gasteiger partial charge is 0.488 e. The van der Waals surface area contributed by atoms with Crippen LogP contribution in [-0.4, -0.2) is 33.0 Å². The first-order chi connectivity index (χ1) is 19.0. The van der Waals surface area contributed by atoms with Crippen LogP contribution in [0.3, 0.4) is 0 Å². The van der Waals surface area contributed by atoms with Crippen molar-refractivity contribution in [2.45, 2.75) is 26.2 Å². The highest BCUT2D eigenvalue weighted by Gasteiger charge is 2.40. The van der Waals surface area contributed by atoms with Crippen LogP contribution in [0.2, 0.25) is 0 Å². The van der Waals surface area contributed by atoms with E-state index in [2.05, 4.69) is 4.90 Å². The van der Waals surface area contributed by atoms with E-state index in [1.165, 1.54) is 17.1 Å². The van der Waals surface area contributed by atoms with Crippen molar-refractivity contribution in [3.05, 3.63) is 142 Å². The van der Waals surface area contributed by atoms with Gasteiger partial charge in [-0.3, -0.25) is 19.8 Å². The number of hydrogen-bond donors (Lipinski definition) is 0. The topological polar surface area (TPSA) is 88.3 Å². The molecule has 0 N–H and O–H groups in total. The van der Waals surface area contributed by atoms with E-state index >= 15 is 0 Å². The predicted molar refractivity (Wildman–Crippen MR) is 149 cm³/mol. The molecule has 8 heteroatoms. The van der Waals surface area contributed by atoms with Gasteiger partial charge in [0, 0.05) is 24.2 Å². The van der Waals surface area contributed by atoms with Crippen molar-refractivity contribution in [3.63, 3.8) is 0 Å². The summed E-state index contributed by atoms with van der Waals surface area (Å²) >= 11 is 0. The molecule has 1 fully saturated rings. The molecule has 0 bridgehead atoms. The standard InChI is InChI=1S/C31H28N4O4/c1-23(26-16-18-27(19-17-26)35(37)38)32-34-30(36)21-33(20-24-10-4-2-5-11-24)31(34)28-14-8-9-15-29(28)39-22-25-12-6-3-7-13-25/h2-19,31H,20-22H2,1H3/b32-23-/t31-/m1/s1. The summed E-state index contributed by atoms with van der Waals surface area (Å²) in [5, 5.41) is 17.3. The lowest BCUT2D eigenvalue weighted by molar-refractivity contribution is -0.384. The molecule has 0 radical (unpaired) electrons. The number of ether oxygens (including phenoxy) is 1. The minimum Gasteiger partial charge on any atom is -0.488 e. The van der Waals surface area contributed by atoms with Crippen LogP contribution in [0.4, 0.5) is 5.69 Å². The number of amides is 1. The highest BCUT2D eigenvalue weighted by molar-refractivity contribution is 5.99. The molecule has 0 spiro atoms. The summed E-state index contributed by atoms with van der Waals surface area (Å²) in [7, 11) is 0. The van der Waals surface area contributed by atoms with Gasteiger partial charge in [0.25, 0.3) is 11.6 Å². The fraction of sp³-hybridized carbons (Fsp3) is 0.161. The van der Waals surface area contributed by atoms with Gasteiger partial charge < -0.3 is 4.74 Å². The number of nitro benzene ring substituents is 1. The summed E-state index contributed by atoms with van der Waals surface area (Å²) in [5.41, 5.74) is 4.22. The molecular weight excluding hydrogens is 492 g/mol. The fourth-order valence-corrected chi connectivity index (χ4v) is 4.63. The molecular formula is C31H28N4O4. The molecule has 4 aromatic carbocycles. The third kappa shape index (κ3) is 6.02.